The SMILES string of the molecule is COC(=O)C(Cc1ccc(OCC(=O)OC(C)(C)C)cc1)Nc1ccccc1C(=O)c1ccccc1. The highest BCUT2D eigenvalue weighted by Gasteiger charge is 2.23. The number of benzene rings is 3. The first-order chi connectivity index (χ1) is 17.2. The minimum atomic E-state index is -0.728. The Hall–Kier alpha value is -4.13. The number of esters is 2. The van der Waals surface area contributed by atoms with E-state index in [1.54, 1.807) is 81.4 Å². The lowest BCUT2D eigenvalue weighted by molar-refractivity contribution is -0.157. The highest BCUT2D eigenvalue weighted by molar-refractivity contribution is 6.12. The molecule has 0 heterocycles. The molecule has 0 spiro atoms. The van der Waals surface area contributed by atoms with Crippen LogP contribution in [0.5, 0.6) is 5.75 Å². The van der Waals surface area contributed by atoms with Crippen LogP contribution in [0.25, 0.3) is 0 Å². The molecule has 1 N–H and O–H groups in total. The van der Waals surface area contributed by atoms with E-state index < -0.39 is 23.6 Å². The number of carbonyl (C=O) groups is 3. The molecule has 0 aliphatic heterocycles. The maximum absolute atomic E-state index is 13.1. The Kier molecular flexibility index (Phi) is 8.84. The van der Waals surface area contributed by atoms with Crippen LogP contribution in [-0.2, 0) is 25.5 Å². The van der Waals surface area contributed by atoms with Crippen LogP contribution in [0, 0.1) is 0 Å². The van der Waals surface area contributed by atoms with Gasteiger partial charge in [0.25, 0.3) is 0 Å². The molecule has 0 aliphatic carbocycles. The van der Waals surface area contributed by atoms with E-state index in [0.717, 1.165) is 5.56 Å². The standard InChI is InChI=1S/C29H31NO6/c1-29(2,3)36-26(31)19-35-22-16-14-20(15-17-22)18-25(28(33)34-4)30-24-13-9-8-12-23(24)27(32)21-10-6-5-7-11-21/h5-17,25,30H,18-19H2,1-4H3. The predicted molar refractivity (Wildman–Crippen MR) is 137 cm³/mol. The molecule has 3 aromatic rings. The zero-order chi connectivity index (χ0) is 26.1. The second kappa shape index (κ2) is 12.0. The Balaban J connectivity index is 1.71. The average molecular weight is 490 g/mol. The van der Waals surface area contributed by atoms with Gasteiger partial charge in [-0.25, -0.2) is 9.59 Å². The largest absolute Gasteiger partial charge is 0.482 e. The maximum atomic E-state index is 13.1. The number of hydrogen-bond acceptors (Lipinski definition) is 7. The molecule has 7 nitrogen and oxygen atoms in total. The lowest BCUT2D eigenvalue weighted by Gasteiger charge is -2.20. The molecular weight excluding hydrogens is 458 g/mol. The van der Waals surface area contributed by atoms with Crippen molar-refractivity contribution in [2.45, 2.75) is 38.8 Å². The number of anilines is 1. The number of ketones is 1. The minimum Gasteiger partial charge on any atom is -0.482 e. The summed E-state index contributed by atoms with van der Waals surface area (Å²) in [6.07, 6.45) is 0.312. The summed E-state index contributed by atoms with van der Waals surface area (Å²) in [6, 6.07) is 22.4. The molecule has 3 aromatic carbocycles. The molecule has 1 unspecified atom stereocenters. The van der Waals surface area contributed by atoms with E-state index in [2.05, 4.69) is 5.32 Å². The van der Waals surface area contributed by atoms with Gasteiger partial charge in [0.05, 0.1) is 7.11 Å². The van der Waals surface area contributed by atoms with Gasteiger partial charge >= 0.3 is 11.9 Å². The monoisotopic (exact) mass is 489 g/mol. The smallest absolute Gasteiger partial charge is 0.344 e. The number of methoxy groups -OCH3 is 1. The molecule has 0 amide bonds. The van der Waals surface area contributed by atoms with Crippen molar-refractivity contribution in [3.05, 3.63) is 95.6 Å². The van der Waals surface area contributed by atoms with Gasteiger partial charge < -0.3 is 19.5 Å². The average Bonchev–Trinajstić information content (AvgIpc) is 2.87. The molecule has 0 saturated heterocycles. The first-order valence-electron chi connectivity index (χ1n) is 11.6. The van der Waals surface area contributed by atoms with Gasteiger partial charge in [-0.3, -0.25) is 4.79 Å². The van der Waals surface area contributed by atoms with Crippen molar-refractivity contribution in [2.75, 3.05) is 19.0 Å². The normalized spacial score (nSPS) is 11.8. The van der Waals surface area contributed by atoms with Crippen molar-refractivity contribution >= 4 is 23.4 Å². The molecule has 0 bridgehead atoms. The summed E-state index contributed by atoms with van der Waals surface area (Å²) >= 11 is 0. The van der Waals surface area contributed by atoms with Crippen LogP contribution in [0.3, 0.4) is 0 Å². The van der Waals surface area contributed by atoms with E-state index in [0.29, 0.717) is 29.0 Å². The van der Waals surface area contributed by atoms with Gasteiger partial charge in [-0.1, -0.05) is 54.6 Å². The van der Waals surface area contributed by atoms with Crippen molar-refractivity contribution in [3.8, 4) is 5.75 Å². The zero-order valence-corrected chi connectivity index (χ0v) is 20.9. The number of carbonyl (C=O) groups excluding carboxylic acids is 3. The van der Waals surface area contributed by atoms with E-state index >= 15 is 0 Å². The molecule has 0 fully saturated rings. The molecule has 36 heavy (non-hydrogen) atoms. The van der Waals surface area contributed by atoms with Gasteiger partial charge in [0.2, 0.25) is 0 Å². The first kappa shape index (κ1) is 26.5. The highest BCUT2D eigenvalue weighted by atomic mass is 16.6. The third kappa shape index (κ3) is 7.70. The number of rotatable bonds is 10. The maximum Gasteiger partial charge on any atom is 0.344 e. The topological polar surface area (TPSA) is 90.9 Å². The lowest BCUT2D eigenvalue weighted by atomic mass is 10.00. The summed E-state index contributed by atoms with van der Waals surface area (Å²) in [4.78, 5) is 37.5. The highest BCUT2D eigenvalue weighted by Crippen LogP contribution is 2.22. The van der Waals surface area contributed by atoms with E-state index in [-0.39, 0.29) is 12.4 Å². The Morgan fingerprint density at radius 2 is 1.50 bits per heavy atom. The molecule has 0 aromatic heterocycles. The van der Waals surface area contributed by atoms with Crippen molar-refractivity contribution in [3.63, 3.8) is 0 Å². The summed E-state index contributed by atoms with van der Waals surface area (Å²) in [5, 5.41) is 3.19. The van der Waals surface area contributed by atoms with Crippen LogP contribution in [0.15, 0.2) is 78.9 Å². The van der Waals surface area contributed by atoms with Gasteiger partial charge in [0.1, 0.15) is 17.4 Å². The van der Waals surface area contributed by atoms with E-state index in [1.165, 1.54) is 7.11 Å². The molecule has 1 atom stereocenters. The van der Waals surface area contributed by atoms with Crippen molar-refractivity contribution in [1.29, 1.82) is 0 Å². The summed E-state index contributed by atoms with van der Waals surface area (Å²) in [5.41, 5.74) is 1.82. The summed E-state index contributed by atoms with van der Waals surface area (Å²) in [7, 11) is 1.33. The number of para-hydroxylation sites is 1. The van der Waals surface area contributed by atoms with Crippen LogP contribution >= 0.6 is 0 Å². The molecule has 3 rings (SSSR count). The Labute approximate surface area is 211 Å². The summed E-state index contributed by atoms with van der Waals surface area (Å²) in [5.74, 6) is -0.549. The fourth-order valence-electron chi connectivity index (χ4n) is 3.55. The molecule has 0 aliphatic rings. The van der Waals surface area contributed by atoms with Gasteiger partial charge in [-0.05, 0) is 50.6 Å². The van der Waals surface area contributed by atoms with E-state index in [4.69, 9.17) is 14.2 Å². The Morgan fingerprint density at radius 3 is 2.14 bits per heavy atom. The molecule has 0 radical (unpaired) electrons. The van der Waals surface area contributed by atoms with Gasteiger partial charge in [0.15, 0.2) is 12.4 Å². The number of hydrogen-bond donors (Lipinski definition) is 1. The van der Waals surface area contributed by atoms with Crippen molar-refractivity contribution in [2.24, 2.45) is 0 Å². The van der Waals surface area contributed by atoms with Gasteiger partial charge in [-0.2, -0.15) is 0 Å². The fourth-order valence-corrected chi connectivity index (χ4v) is 3.55. The van der Waals surface area contributed by atoms with Crippen molar-refractivity contribution < 1.29 is 28.6 Å². The van der Waals surface area contributed by atoms with Crippen LogP contribution in [-0.4, -0.2) is 43.1 Å². The van der Waals surface area contributed by atoms with Gasteiger partial charge in [-0.15, -0.1) is 0 Å². The van der Waals surface area contributed by atoms with Crippen LogP contribution in [0.4, 0.5) is 5.69 Å². The predicted octanol–water partition coefficient (Wildman–Crippen LogP) is 4.83. The molecular formula is C29H31NO6. The van der Waals surface area contributed by atoms with Gasteiger partial charge in [0, 0.05) is 23.2 Å². The molecule has 188 valence electrons. The van der Waals surface area contributed by atoms with Crippen LogP contribution in [0.1, 0.15) is 42.3 Å². The zero-order valence-electron chi connectivity index (χ0n) is 20.9. The van der Waals surface area contributed by atoms with Crippen LogP contribution in [0.2, 0.25) is 0 Å². The fraction of sp³-hybridized carbons (Fsp3) is 0.276. The molecule has 0 saturated carbocycles. The van der Waals surface area contributed by atoms with Crippen molar-refractivity contribution in [1.82, 2.24) is 0 Å². The minimum absolute atomic E-state index is 0.145. The van der Waals surface area contributed by atoms with E-state index in [9.17, 15) is 14.4 Å². The first-order valence-corrected chi connectivity index (χ1v) is 11.6. The van der Waals surface area contributed by atoms with E-state index in [1.807, 2.05) is 18.2 Å². The Bertz CT molecular complexity index is 1180. The lowest BCUT2D eigenvalue weighted by Crippen LogP contribution is -2.33. The second-order valence-corrected chi connectivity index (χ2v) is 9.18. The third-order valence-electron chi connectivity index (χ3n) is 5.16. The third-order valence-corrected chi connectivity index (χ3v) is 5.16. The number of nitrogens with one attached hydrogen (secondary N) is 1. The second-order valence-electron chi connectivity index (χ2n) is 9.18. The quantitative estimate of drug-likeness (QED) is 0.322. The molecule has 7 heteroatoms. The number of ether oxygens (including phenoxy) is 3. The Morgan fingerprint density at radius 1 is 0.861 bits per heavy atom. The summed E-state index contributed by atoms with van der Waals surface area (Å²) in [6.45, 7) is 5.18. The summed E-state index contributed by atoms with van der Waals surface area (Å²) < 4.78 is 15.7. The van der Waals surface area contributed by atoms with Crippen LogP contribution < -0.4 is 10.1 Å².